The quantitative estimate of drug-likeness (QED) is 0.0252. The third-order valence-corrected chi connectivity index (χ3v) is 13.2. The zero-order chi connectivity index (χ0) is 68.4. The number of carbonyl (C=O) groups excluding carboxylic acids is 14. The van der Waals surface area contributed by atoms with Gasteiger partial charge in [0.05, 0.1) is 51.0 Å². The van der Waals surface area contributed by atoms with Crippen LogP contribution in [0.15, 0.2) is 60.8 Å². The van der Waals surface area contributed by atoms with Crippen LogP contribution in [0.2, 0.25) is 0 Å². The molecule has 3 aromatic rings. The Morgan fingerprint density at radius 3 is 1.37 bits per heavy atom. The van der Waals surface area contributed by atoms with Crippen LogP contribution in [0.25, 0.3) is 10.9 Å². The van der Waals surface area contributed by atoms with E-state index >= 15 is 0 Å². The van der Waals surface area contributed by atoms with Gasteiger partial charge in [0.2, 0.25) is 82.7 Å². The van der Waals surface area contributed by atoms with Gasteiger partial charge in [-0.2, -0.15) is 0 Å². The molecule has 0 aliphatic carbocycles. The van der Waals surface area contributed by atoms with Crippen molar-refractivity contribution in [3.8, 4) is 0 Å². The Labute approximate surface area is 516 Å². The number of hydrogen-bond donors (Lipinski definition) is 21. The molecular weight excluding hydrogens is 1210 g/mol. The monoisotopic (exact) mass is 1280 g/mol. The molecule has 0 saturated heterocycles. The number of rotatable bonds is 39. The summed E-state index contributed by atoms with van der Waals surface area (Å²) in [5, 5.41) is 71.5. The van der Waals surface area contributed by atoms with E-state index in [1.807, 2.05) is 16.0 Å². The highest BCUT2D eigenvalue weighted by Gasteiger charge is 2.38. The minimum absolute atomic E-state index is 0.0542. The van der Waals surface area contributed by atoms with Gasteiger partial charge in [-0.15, -0.1) is 0 Å². The smallest absolute Gasteiger partial charge is 0.326 e. The SMILES string of the molecule is C[C@H](NC(=O)[C@H](CC(=O)O)NC(=O)[C@H](CC(N)=O)NC(=O)[C@H](CC(N)=O)NC(=O)[C@@H](N)Cc1c[nH]c2ccccc12)C(=O)N[C@@H](Cc1ccccc1)C(=O)N[C@@H](CCC(N)=O)C(=O)N[C@@H](CO)C(=O)N[C@@H](CO)C(=O)N[C@H](C(=O)N[C@@H](CC(N)=O)C(=O)O)[C@@H](C)O. The minimum atomic E-state index is -2.10. The number of hydrogen-bond acceptors (Lipinski definition) is 20. The van der Waals surface area contributed by atoms with Gasteiger partial charge in [-0.1, -0.05) is 48.5 Å². The Hall–Kier alpha value is -10.7. The normalized spacial score (nSPS) is 14.9. The molecule has 37 nitrogen and oxygen atoms in total. The molecule has 1 heterocycles. The zero-order valence-electron chi connectivity index (χ0n) is 48.9. The molecule has 14 amide bonds. The summed E-state index contributed by atoms with van der Waals surface area (Å²) >= 11 is 0. The van der Waals surface area contributed by atoms with Gasteiger partial charge in [0.25, 0.3) is 0 Å². The van der Waals surface area contributed by atoms with Crippen LogP contribution in [0.4, 0.5) is 0 Å². The van der Waals surface area contributed by atoms with Crippen LogP contribution in [0.3, 0.4) is 0 Å². The van der Waals surface area contributed by atoms with E-state index in [9.17, 15) is 102 Å². The fourth-order valence-electron chi connectivity index (χ4n) is 8.48. The summed E-state index contributed by atoms with van der Waals surface area (Å²) in [6.07, 6.45) is -5.76. The van der Waals surface area contributed by atoms with Gasteiger partial charge in [0.15, 0.2) is 0 Å². The molecule has 0 radical (unpaired) electrons. The number of carboxylic acids is 2. The van der Waals surface area contributed by atoms with Crippen molar-refractivity contribution in [2.45, 2.75) is 138 Å². The molecule has 3 rings (SSSR count). The molecule has 12 atom stereocenters. The Bertz CT molecular complexity index is 3180. The van der Waals surface area contributed by atoms with Crippen molar-refractivity contribution >= 4 is 106 Å². The molecule has 0 spiro atoms. The summed E-state index contributed by atoms with van der Waals surface area (Å²) < 4.78 is 0. The Morgan fingerprint density at radius 1 is 0.451 bits per heavy atom. The lowest BCUT2D eigenvalue weighted by Crippen LogP contribution is -2.62. The summed E-state index contributed by atoms with van der Waals surface area (Å²) in [5.74, 6) is -20.7. The maximum absolute atomic E-state index is 14.2. The number of H-pyrrole nitrogens is 1. The third-order valence-electron chi connectivity index (χ3n) is 13.2. The van der Waals surface area contributed by atoms with Crippen molar-refractivity contribution in [2.24, 2.45) is 28.7 Å². The number of nitrogens with one attached hydrogen (secondary N) is 11. The molecule has 2 aromatic carbocycles. The lowest BCUT2D eigenvalue weighted by Gasteiger charge is -2.27. The van der Waals surface area contributed by atoms with Gasteiger partial charge >= 0.3 is 11.9 Å². The lowest BCUT2D eigenvalue weighted by molar-refractivity contribution is -0.144. The second-order valence-electron chi connectivity index (χ2n) is 20.6. The molecule has 1 aromatic heterocycles. The largest absolute Gasteiger partial charge is 0.481 e. The van der Waals surface area contributed by atoms with E-state index in [0.29, 0.717) is 11.1 Å². The molecule has 0 bridgehead atoms. The molecule has 0 unspecified atom stereocenters. The number of aliphatic hydroxyl groups excluding tert-OH is 3. The molecule has 26 N–H and O–H groups in total. The van der Waals surface area contributed by atoms with Crippen molar-refractivity contribution < 1.29 is 102 Å². The molecule has 0 aliphatic rings. The van der Waals surface area contributed by atoms with Crippen LogP contribution >= 0.6 is 0 Å². The van der Waals surface area contributed by atoms with E-state index < -0.39 is 219 Å². The van der Waals surface area contributed by atoms with Crippen LogP contribution in [0, 0.1) is 0 Å². The number of carbonyl (C=O) groups is 16. The second-order valence-corrected chi connectivity index (χ2v) is 20.6. The molecule has 91 heavy (non-hydrogen) atoms. The van der Waals surface area contributed by atoms with E-state index in [2.05, 4.69) is 42.2 Å². The van der Waals surface area contributed by atoms with Gasteiger partial charge in [-0.3, -0.25) is 71.9 Å². The summed E-state index contributed by atoms with van der Waals surface area (Å²) in [7, 11) is 0. The highest BCUT2D eigenvalue weighted by Crippen LogP contribution is 2.19. The number of aliphatic hydroxyl groups is 3. The molecule has 496 valence electrons. The molecular formula is C54H74N16O21. The Balaban J connectivity index is 1.80. The van der Waals surface area contributed by atoms with Crippen molar-refractivity contribution in [2.75, 3.05) is 13.2 Å². The van der Waals surface area contributed by atoms with Gasteiger partial charge in [0, 0.05) is 29.9 Å². The van der Waals surface area contributed by atoms with Crippen LogP contribution < -0.4 is 81.8 Å². The van der Waals surface area contributed by atoms with Gasteiger partial charge in [0.1, 0.15) is 60.4 Å². The summed E-state index contributed by atoms with van der Waals surface area (Å²) in [6, 6.07) is -5.59. The maximum atomic E-state index is 14.2. The Morgan fingerprint density at radius 2 is 0.868 bits per heavy atom. The standard InChI is InChI=1S/C54H74N16O21/c1-23(61-47(83)34(19-42(78)79)66-50(86)33(17-40(58)76)65-49(85)32(16-39(57)75)64-45(81)28(55)15-26-20-60-29-11-7-6-10-27(26)29)44(80)63-31(14-25-8-4-3-5-9-25)48(84)62-30(12-13-38(56)74)46(82)68-36(21-71)51(87)69-37(22-72)52(88)70-43(24(2)73)53(89)67-35(54(90)91)18-41(59)77/h3-11,20,23-24,28,30-37,43,60,71-73H,12-19,21-22,55H2,1-2H3,(H2,56,74)(H2,57,75)(H2,58,76)(H2,59,77)(H,61,83)(H,62,84)(H,63,80)(H,64,81)(H,65,85)(H,66,86)(H,67,89)(H,68,82)(H,69,87)(H,70,88)(H,78,79)(H,90,91)/t23-,24+,28-,30-,31-,32-,33-,34-,35-,36-,37-,43-/m0/s1. The summed E-state index contributed by atoms with van der Waals surface area (Å²) in [4.78, 5) is 210. The van der Waals surface area contributed by atoms with Crippen molar-refractivity contribution in [1.82, 2.24) is 58.2 Å². The van der Waals surface area contributed by atoms with Gasteiger partial charge in [-0.25, -0.2) is 4.79 Å². The number of carboxylic acid groups (broad SMARTS) is 2. The summed E-state index contributed by atoms with van der Waals surface area (Å²) in [5.41, 5.74) is 28.9. The van der Waals surface area contributed by atoms with Crippen LogP contribution in [-0.4, -0.2) is 211 Å². The average Bonchev–Trinajstić information content (AvgIpc) is 1.95. The number of aliphatic carboxylic acids is 2. The predicted molar refractivity (Wildman–Crippen MR) is 311 cm³/mol. The van der Waals surface area contributed by atoms with Crippen LogP contribution in [-0.2, 0) is 89.6 Å². The van der Waals surface area contributed by atoms with E-state index in [-0.39, 0.29) is 12.8 Å². The molecule has 0 saturated carbocycles. The first kappa shape index (κ1) is 74.6. The van der Waals surface area contributed by atoms with Crippen LogP contribution in [0.1, 0.15) is 63.5 Å². The van der Waals surface area contributed by atoms with E-state index in [1.54, 1.807) is 48.7 Å². The molecule has 0 aliphatic heterocycles. The van der Waals surface area contributed by atoms with Crippen molar-refractivity contribution in [3.05, 3.63) is 71.9 Å². The number of fused-ring (bicyclic) bond motifs is 1. The third kappa shape index (κ3) is 24.8. The number of aromatic amines is 1. The Kier molecular flexibility index (Phi) is 29.5. The lowest BCUT2D eigenvalue weighted by atomic mass is 10.0. The maximum Gasteiger partial charge on any atom is 0.326 e. The molecule has 0 fully saturated rings. The van der Waals surface area contributed by atoms with Crippen LogP contribution in [0.5, 0.6) is 0 Å². The number of amides is 14. The van der Waals surface area contributed by atoms with E-state index in [1.165, 1.54) is 12.1 Å². The number of aromatic nitrogens is 1. The number of nitrogens with two attached hydrogens (primary N) is 5. The van der Waals surface area contributed by atoms with E-state index in [0.717, 1.165) is 24.8 Å². The fourth-order valence-corrected chi connectivity index (χ4v) is 8.48. The second kappa shape index (κ2) is 36.0. The number of primary amides is 4. The first-order chi connectivity index (χ1) is 42.7. The highest BCUT2D eigenvalue weighted by molar-refractivity contribution is 6.01. The highest BCUT2D eigenvalue weighted by atomic mass is 16.4. The summed E-state index contributed by atoms with van der Waals surface area (Å²) in [6.45, 7) is -0.431. The van der Waals surface area contributed by atoms with Gasteiger partial charge in [-0.05, 0) is 43.9 Å². The van der Waals surface area contributed by atoms with E-state index in [4.69, 9.17) is 28.7 Å². The first-order valence-corrected chi connectivity index (χ1v) is 27.6. The average molecular weight is 1280 g/mol. The first-order valence-electron chi connectivity index (χ1n) is 27.6. The zero-order valence-corrected chi connectivity index (χ0v) is 48.9. The topological polar surface area (TPSA) is 640 Å². The van der Waals surface area contributed by atoms with Gasteiger partial charge < -0.3 is 112 Å². The number of benzene rings is 2. The fraction of sp³-hybridized carbons (Fsp3) is 0.444. The number of para-hydroxylation sites is 1. The minimum Gasteiger partial charge on any atom is -0.481 e. The predicted octanol–water partition coefficient (Wildman–Crippen LogP) is -10.0. The van der Waals surface area contributed by atoms with Crippen molar-refractivity contribution in [1.29, 1.82) is 0 Å². The van der Waals surface area contributed by atoms with Crippen molar-refractivity contribution in [3.63, 3.8) is 0 Å². The molecule has 37 heteroatoms.